The summed E-state index contributed by atoms with van der Waals surface area (Å²) in [6.45, 7) is 6.76. The Labute approximate surface area is 215 Å². The van der Waals surface area contributed by atoms with Crippen molar-refractivity contribution in [3.05, 3.63) is 48.6 Å². The van der Waals surface area contributed by atoms with E-state index in [4.69, 9.17) is 4.74 Å². The summed E-state index contributed by atoms with van der Waals surface area (Å²) in [7, 11) is 0. The number of carbonyl (C=O) groups excluding carboxylic acids is 3. The van der Waals surface area contributed by atoms with Gasteiger partial charge in [-0.1, -0.05) is 24.3 Å². The van der Waals surface area contributed by atoms with Gasteiger partial charge in [-0.25, -0.2) is 0 Å². The summed E-state index contributed by atoms with van der Waals surface area (Å²) in [6, 6.07) is 7.19. The third-order valence-corrected chi connectivity index (χ3v) is 9.50. The number of aliphatic hydroxyl groups excluding tert-OH is 1. The summed E-state index contributed by atoms with van der Waals surface area (Å²) in [6.07, 6.45) is 8.08. The predicted molar refractivity (Wildman–Crippen MR) is 140 cm³/mol. The van der Waals surface area contributed by atoms with Gasteiger partial charge >= 0.3 is 5.97 Å². The van der Waals surface area contributed by atoms with Crippen LogP contribution in [0.1, 0.15) is 20.3 Å². The monoisotopic (exact) mass is 511 g/mol. The van der Waals surface area contributed by atoms with E-state index in [0.717, 1.165) is 24.5 Å². The first-order valence-corrected chi connectivity index (χ1v) is 13.6. The molecule has 0 aromatic heterocycles. The van der Waals surface area contributed by atoms with Crippen LogP contribution >= 0.6 is 11.8 Å². The number of benzene rings is 1. The van der Waals surface area contributed by atoms with E-state index in [-0.39, 0.29) is 42.8 Å². The molecule has 9 heteroatoms. The standard InChI is InChI=1S/C27H33N3O5S/c1-3-28(4-2)18-9-11-19(12-10-18)29-14-6-13-27-22(21-20(36-27)8-5-17-35-26(21)34)24(32)30(15-7-16-31)23(27)25(29)33/h5-6,8-13,20-23,31H,3-4,7,14-17H2,1-2H3/t20-,21+,22+,23?,27+/m1/s1. The summed E-state index contributed by atoms with van der Waals surface area (Å²) in [4.78, 5) is 46.6. The van der Waals surface area contributed by atoms with Crippen LogP contribution in [0, 0.1) is 11.8 Å². The van der Waals surface area contributed by atoms with E-state index in [0.29, 0.717) is 13.0 Å². The number of thioether (sulfide) groups is 1. The predicted octanol–water partition coefficient (Wildman–Crippen LogP) is 2.23. The van der Waals surface area contributed by atoms with Crippen molar-refractivity contribution in [1.82, 2.24) is 4.90 Å². The van der Waals surface area contributed by atoms with Crippen molar-refractivity contribution in [2.75, 3.05) is 49.2 Å². The molecule has 36 heavy (non-hydrogen) atoms. The summed E-state index contributed by atoms with van der Waals surface area (Å²) in [5.74, 6) is -2.08. The van der Waals surface area contributed by atoms with Gasteiger partial charge in [0.25, 0.3) is 5.91 Å². The Bertz CT molecular complexity index is 1090. The van der Waals surface area contributed by atoms with E-state index in [1.807, 2.05) is 48.6 Å². The summed E-state index contributed by atoms with van der Waals surface area (Å²) in [5.41, 5.74) is 1.86. The number of ether oxygens (including phenoxy) is 1. The van der Waals surface area contributed by atoms with Crippen LogP contribution in [0.5, 0.6) is 0 Å². The average molecular weight is 512 g/mol. The van der Waals surface area contributed by atoms with Crippen LogP contribution in [0.25, 0.3) is 0 Å². The number of aliphatic hydroxyl groups is 1. The van der Waals surface area contributed by atoms with Crippen LogP contribution in [-0.4, -0.2) is 83.2 Å². The van der Waals surface area contributed by atoms with Crippen LogP contribution in [0.3, 0.4) is 0 Å². The van der Waals surface area contributed by atoms with Crippen molar-refractivity contribution in [3.8, 4) is 0 Å². The Morgan fingerprint density at radius 3 is 2.56 bits per heavy atom. The molecule has 4 heterocycles. The van der Waals surface area contributed by atoms with Gasteiger partial charge in [0, 0.05) is 49.4 Å². The van der Waals surface area contributed by atoms with Crippen molar-refractivity contribution < 1.29 is 24.2 Å². The molecule has 1 N–H and O–H groups in total. The lowest BCUT2D eigenvalue weighted by Crippen LogP contribution is -2.53. The third-order valence-electron chi connectivity index (χ3n) is 7.76. The molecular formula is C27H33N3O5S. The zero-order chi connectivity index (χ0) is 25.4. The molecule has 1 aromatic rings. The molecule has 8 nitrogen and oxygen atoms in total. The first kappa shape index (κ1) is 24.9. The topological polar surface area (TPSA) is 90.4 Å². The second-order valence-electron chi connectivity index (χ2n) is 9.55. The summed E-state index contributed by atoms with van der Waals surface area (Å²) < 4.78 is 4.52. The second-order valence-corrected chi connectivity index (χ2v) is 11.0. The molecule has 0 saturated carbocycles. The van der Waals surface area contributed by atoms with Crippen LogP contribution in [0.15, 0.2) is 48.6 Å². The quantitative estimate of drug-likeness (QED) is 0.444. The highest BCUT2D eigenvalue weighted by molar-refractivity contribution is 8.02. The lowest BCUT2D eigenvalue weighted by molar-refractivity contribution is -0.151. The number of amides is 2. The van der Waals surface area contributed by atoms with Gasteiger partial charge in [-0.15, -0.1) is 11.8 Å². The van der Waals surface area contributed by atoms with Gasteiger partial charge in [0.05, 0.1) is 16.6 Å². The summed E-state index contributed by atoms with van der Waals surface area (Å²) in [5, 5.41) is 9.27. The fourth-order valence-electron chi connectivity index (χ4n) is 6.11. The number of fused-ring (bicyclic) bond motifs is 2. The van der Waals surface area contributed by atoms with E-state index in [9.17, 15) is 19.5 Å². The maximum atomic E-state index is 14.2. The van der Waals surface area contributed by atoms with Gasteiger partial charge in [-0.3, -0.25) is 14.4 Å². The molecular weight excluding hydrogens is 478 g/mol. The SMILES string of the molecule is CCN(CC)c1ccc(N2CC=C[C@]34S[C@@H]5C=CCOC(=O)[C@@H]5[C@H]3C(=O)N(CCCO)C4C2=O)cc1. The molecule has 5 atom stereocenters. The number of anilines is 2. The number of nitrogens with zero attached hydrogens (tertiary/aromatic N) is 3. The van der Waals surface area contributed by atoms with Crippen LogP contribution in [0.4, 0.5) is 11.4 Å². The average Bonchev–Trinajstić information content (AvgIpc) is 3.18. The van der Waals surface area contributed by atoms with Crippen molar-refractivity contribution in [2.24, 2.45) is 11.8 Å². The number of hydrogen-bond acceptors (Lipinski definition) is 7. The number of esters is 1. The fourth-order valence-corrected chi connectivity index (χ4v) is 8.12. The third kappa shape index (κ3) is 3.84. The molecule has 2 saturated heterocycles. The second kappa shape index (κ2) is 9.94. The van der Waals surface area contributed by atoms with Crippen molar-refractivity contribution in [2.45, 2.75) is 36.3 Å². The van der Waals surface area contributed by atoms with Gasteiger partial charge in [-0.2, -0.15) is 0 Å². The lowest BCUT2D eigenvalue weighted by Gasteiger charge is -2.35. The van der Waals surface area contributed by atoms with E-state index in [1.165, 1.54) is 11.8 Å². The minimum Gasteiger partial charge on any atom is -0.461 e. The normalized spacial score (nSPS) is 31.0. The molecule has 0 aliphatic carbocycles. The zero-order valence-electron chi connectivity index (χ0n) is 20.7. The number of hydrogen-bond donors (Lipinski definition) is 1. The minimum atomic E-state index is -0.866. The molecule has 1 unspecified atom stereocenters. The van der Waals surface area contributed by atoms with Crippen molar-refractivity contribution in [3.63, 3.8) is 0 Å². The van der Waals surface area contributed by atoms with Gasteiger partial charge in [0.1, 0.15) is 12.6 Å². The van der Waals surface area contributed by atoms with Gasteiger partial charge in [-0.05, 0) is 44.5 Å². The maximum Gasteiger partial charge on any atom is 0.311 e. The molecule has 1 aromatic carbocycles. The van der Waals surface area contributed by atoms with Gasteiger partial charge in [0.2, 0.25) is 5.91 Å². The Morgan fingerprint density at radius 1 is 1.11 bits per heavy atom. The first-order chi connectivity index (χ1) is 17.5. The number of cyclic esters (lactones) is 1. The Kier molecular flexibility index (Phi) is 6.87. The maximum absolute atomic E-state index is 14.2. The lowest BCUT2D eigenvalue weighted by atomic mass is 9.78. The van der Waals surface area contributed by atoms with E-state index in [1.54, 1.807) is 9.80 Å². The zero-order valence-corrected chi connectivity index (χ0v) is 21.5. The smallest absolute Gasteiger partial charge is 0.311 e. The molecule has 2 amide bonds. The first-order valence-electron chi connectivity index (χ1n) is 12.7. The molecule has 0 bridgehead atoms. The molecule has 2 fully saturated rings. The van der Waals surface area contributed by atoms with Gasteiger partial charge < -0.3 is 24.5 Å². The highest BCUT2D eigenvalue weighted by atomic mass is 32.2. The Morgan fingerprint density at radius 2 is 1.86 bits per heavy atom. The van der Waals surface area contributed by atoms with E-state index in [2.05, 4.69) is 18.7 Å². The molecule has 4 aliphatic heterocycles. The fraction of sp³-hybridized carbons (Fsp3) is 0.519. The van der Waals surface area contributed by atoms with E-state index >= 15 is 0 Å². The molecule has 0 radical (unpaired) electrons. The molecule has 1 spiro atoms. The number of rotatable bonds is 7. The largest absolute Gasteiger partial charge is 0.461 e. The van der Waals surface area contributed by atoms with Crippen molar-refractivity contribution >= 4 is 40.9 Å². The molecule has 192 valence electrons. The highest BCUT2D eigenvalue weighted by Crippen LogP contribution is 2.61. The highest BCUT2D eigenvalue weighted by Gasteiger charge is 2.71. The van der Waals surface area contributed by atoms with Crippen LogP contribution in [-0.2, 0) is 19.1 Å². The minimum absolute atomic E-state index is 0.0846. The summed E-state index contributed by atoms with van der Waals surface area (Å²) >= 11 is 1.53. The molecule has 4 aliphatic rings. The van der Waals surface area contributed by atoms with Crippen LogP contribution < -0.4 is 9.80 Å². The van der Waals surface area contributed by atoms with Gasteiger partial charge in [0.15, 0.2) is 0 Å². The Hall–Kier alpha value is -2.78. The van der Waals surface area contributed by atoms with Crippen molar-refractivity contribution in [1.29, 1.82) is 0 Å². The number of carbonyl (C=O) groups is 3. The molecule has 5 rings (SSSR count). The Balaban J connectivity index is 1.53. The van der Waals surface area contributed by atoms with E-state index < -0.39 is 22.6 Å². The number of likely N-dealkylation sites (tertiary alicyclic amines) is 1. The van der Waals surface area contributed by atoms with Crippen LogP contribution in [0.2, 0.25) is 0 Å².